The molecule has 1 atom stereocenters. The van der Waals surface area contributed by atoms with E-state index in [0.29, 0.717) is 11.9 Å². The zero-order valence-electron chi connectivity index (χ0n) is 11.4. The molecule has 3 rings (SSSR count). The van der Waals surface area contributed by atoms with Crippen LogP contribution in [0, 0.1) is 0 Å². The number of hydrogen-bond acceptors (Lipinski definition) is 6. The largest absolute Gasteiger partial charge is 0.383 e. The zero-order valence-corrected chi connectivity index (χ0v) is 12.2. The number of rotatable bonds is 3. The molecule has 5 nitrogen and oxygen atoms in total. The van der Waals surface area contributed by atoms with Crippen LogP contribution in [0.5, 0.6) is 0 Å². The van der Waals surface area contributed by atoms with Gasteiger partial charge in [-0.1, -0.05) is 11.8 Å². The van der Waals surface area contributed by atoms with Crippen molar-refractivity contribution >= 4 is 23.4 Å². The maximum atomic E-state index is 5.86. The Morgan fingerprint density at radius 2 is 2.05 bits per heavy atom. The van der Waals surface area contributed by atoms with Crippen LogP contribution in [-0.4, -0.2) is 53.3 Å². The standard InChI is InChI=1S/C13H21N5S/c1-19-13-15-11(14)8-12(16-13)18-7-4-10(9-18)17-5-2-3-6-17/h8,10H,2-7,9H2,1H3,(H2,14,15,16). The molecule has 0 aliphatic carbocycles. The molecular weight excluding hydrogens is 258 g/mol. The molecule has 2 fully saturated rings. The van der Waals surface area contributed by atoms with E-state index in [1.165, 1.54) is 32.4 Å². The molecular formula is C13H21N5S. The monoisotopic (exact) mass is 279 g/mol. The van der Waals surface area contributed by atoms with E-state index < -0.39 is 0 Å². The lowest BCUT2D eigenvalue weighted by molar-refractivity contribution is 0.260. The number of nitrogens with zero attached hydrogens (tertiary/aromatic N) is 4. The van der Waals surface area contributed by atoms with Crippen molar-refractivity contribution < 1.29 is 0 Å². The first-order valence-corrected chi connectivity index (χ1v) is 8.16. The number of thioether (sulfide) groups is 1. The van der Waals surface area contributed by atoms with Crippen LogP contribution in [0.15, 0.2) is 11.2 Å². The molecule has 2 aliphatic heterocycles. The molecule has 1 aromatic heterocycles. The highest BCUT2D eigenvalue weighted by atomic mass is 32.2. The molecule has 2 saturated heterocycles. The molecule has 0 amide bonds. The Hall–Kier alpha value is -1.01. The van der Waals surface area contributed by atoms with Crippen LogP contribution < -0.4 is 10.6 Å². The lowest BCUT2D eigenvalue weighted by Crippen LogP contribution is -2.35. The van der Waals surface area contributed by atoms with E-state index in [1.807, 2.05) is 12.3 Å². The van der Waals surface area contributed by atoms with Gasteiger partial charge in [-0.2, -0.15) is 0 Å². The smallest absolute Gasteiger partial charge is 0.191 e. The normalized spacial score (nSPS) is 24.3. The molecule has 0 spiro atoms. The van der Waals surface area contributed by atoms with Crippen molar-refractivity contribution in [3.05, 3.63) is 6.07 Å². The number of likely N-dealkylation sites (tertiary alicyclic amines) is 1. The van der Waals surface area contributed by atoms with Crippen molar-refractivity contribution in [3.63, 3.8) is 0 Å². The van der Waals surface area contributed by atoms with E-state index in [2.05, 4.69) is 19.8 Å². The van der Waals surface area contributed by atoms with Gasteiger partial charge in [0.05, 0.1) is 0 Å². The molecule has 1 unspecified atom stereocenters. The number of nitrogens with two attached hydrogens (primary N) is 1. The Morgan fingerprint density at radius 1 is 1.26 bits per heavy atom. The molecule has 1 aromatic rings. The van der Waals surface area contributed by atoms with Gasteiger partial charge < -0.3 is 10.6 Å². The van der Waals surface area contributed by atoms with Gasteiger partial charge in [0.1, 0.15) is 11.6 Å². The zero-order chi connectivity index (χ0) is 13.2. The molecule has 3 heterocycles. The van der Waals surface area contributed by atoms with Crippen molar-refractivity contribution in [2.24, 2.45) is 0 Å². The van der Waals surface area contributed by atoms with E-state index in [4.69, 9.17) is 5.73 Å². The SMILES string of the molecule is CSc1nc(N)cc(N2CCC(N3CCCC3)C2)n1. The summed E-state index contributed by atoms with van der Waals surface area (Å²) >= 11 is 1.54. The van der Waals surface area contributed by atoms with Crippen LogP contribution in [0.25, 0.3) is 0 Å². The summed E-state index contributed by atoms with van der Waals surface area (Å²) in [5, 5.41) is 0.764. The van der Waals surface area contributed by atoms with Crippen LogP contribution >= 0.6 is 11.8 Å². The van der Waals surface area contributed by atoms with Crippen molar-refractivity contribution in [3.8, 4) is 0 Å². The second-order valence-corrected chi connectivity index (χ2v) is 6.04. The van der Waals surface area contributed by atoms with Gasteiger partial charge in [-0.25, -0.2) is 9.97 Å². The molecule has 0 aromatic carbocycles. The van der Waals surface area contributed by atoms with Gasteiger partial charge in [0.25, 0.3) is 0 Å². The summed E-state index contributed by atoms with van der Waals surface area (Å²) in [6.45, 7) is 4.68. The van der Waals surface area contributed by atoms with E-state index in [9.17, 15) is 0 Å². The summed E-state index contributed by atoms with van der Waals surface area (Å²) < 4.78 is 0. The highest BCUT2D eigenvalue weighted by molar-refractivity contribution is 7.98. The number of aromatic nitrogens is 2. The van der Waals surface area contributed by atoms with Gasteiger partial charge in [0.15, 0.2) is 5.16 Å². The second-order valence-electron chi connectivity index (χ2n) is 5.27. The highest BCUT2D eigenvalue weighted by Crippen LogP contribution is 2.26. The Morgan fingerprint density at radius 3 is 2.79 bits per heavy atom. The van der Waals surface area contributed by atoms with Crippen LogP contribution in [0.4, 0.5) is 11.6 Å². The fraction of sp³-hybridized carbons (Fsp3) is 0.692. The third-order valence-electron chi connectivity index (χ3n) is 4.04. The number of anilines is 2. The Labute approximate surface area is 118 Å². The minimum Gasteiger partial charge on any atom is -0.383 e. The number of hydrogen-bond donors (Lipinski definition) is 1. The molecule has 19 heavy (non-hydrogen) atoms. The Bertz CT molecular complexity index is 447. The minimum absolute atomic E-state index is 0.568. The molecule has 2 N–H and O–H groups in total. The fourth-order valence-corrected chi connectivity index (χ4v) is 3.42. The van der Waals surface area contributed by atoms with Crippen molar-refractivity contribution in [2.45, 2.75) is 30.5 Å². The first-order chi connectivity index (χ1) is 9.26. The van der Waals surface area contributed by atoms with Gasteiger partial charge >= 0.3 is 0 Å². The second kappa shape index (κ2) is 5.54. The summed E-state index contributed by atoms with van der Waals surface area (Å²) in [5.74, 6) is 1.55. The minimum atomic E-state index is 0.568. The number of nitrogen functional groups attached to an aromatic ring is 1. The third-order valence-corrected chi connectivity index (χ3v) is 4.59. The van der Waals surface area contributed by atoms with Crippen LogP contribution in [0.2, 0.25) is 0 Å². The summed E-state index contributed by atoms with van der Waals surface area (Å²) in [5.41, 5.74) is 5.86. The quantitative estimate of drug-likeness (QED) is 0.668. The first-order valence-electron chi connectivity index (χ1n) is 6.94. The van der Waals surface area contributed by atoms with Crippen molar-refractivity contribution in [1.82, 2.24) is 14.9 Å². The van der Waals surface area contributed by atoms with Gasteiger partial charge in [0.2, 0.25) is 0 Å². The Kier molecular flexibility index (Phi) is 3.79. The molecule has 104 valence electrons. The van der Waals surface area contributed by atoms with E-state index in [-0.39, 0.29) is 0 Å². The van der Waals surface area contributed by atoms with Gasteiger partial charge in [-0.15, -0.1) is 0 Å². The van der Waals surface area contributed by atoms with Gasteiger partial charge in [0, 0.05) is 25.2 Å². The third kappa shape index (κ3) is 2.79. The topological polar surface area (TPSA) is 58.3 Å². The predicted octanol–water partition coefficient (Wildman–Crippen LogP) is 1.46. The molecule has 0 bridgehead atoms. The molecule has 0 radical (unpaired) electrons. The van der Waals surface area contributed by atoms with Crippen molar-refractivity contribution in [1.29, 1.82) is 0 Å². The van der Waals surface area contributed by atoms with Crippen molar-refractivity contribution in [2.75, 3.05) is 43.1 Å². The highest BCUT2D eigenvalue weighted by Gasteiger charge is 2.30. The van der Waals surface area contributed by atoms with Crippen LogP contribution in [0.3, 0.4) is 0 Å². The first kappa shape index (κ1) is 13.0. The van der Waals surface area contributed by atoms with Crippen LogP contribution in [-0.2, 0) is 0 Å². The van der Waals surface area contributed by atoms with Gasteiger partial charge in [-0.05, 0) is 38.6 Å². The summed E-state index contributed by atoms with van der Waals surface area (Å²) in [4.78, 5) is 13.8. The summed E-state index contributed by atoms with van der Waals surface area (Å²) in [7, 11) is 0. The van der Waals surface area contributed by atoms with E-state index in [1.54, 1.807) is 11.8 Å². The van der Waals surface area contributed by atoms with E-state index in [0.717, 1.165) is 24.1 Å². The van der Waals surface area contributed by atoms with E-state index >= 15 is 0 Å². The predicted molar refractivity (Wildman–Crippen MR) is 79.7 cm³/mol. The van der Waals surface area contributed by atoms with Gasteiger partial charge in [-0.3, -0.25) is 4.90 Å². The lowest BCUT2D eigenvalue weighted by Gasteiger charge is -2.24. The van der Waals surface area contributed by atoms with Crippen LogP contribution in [0.1, 0.15) is 19.3 Å². The maximum absolute atomic E-state index is 5.86. The molecule has 6 heteroatoms. The lowest BCUT2D eigenvalue weighted by atomic mass is 10.2. The maximum Gasteiger partial charge on any atom is 0.191 e. The fourth-order valence-electron chi connectivity index (χ4n) is 3.04. The molecule has 0 saturated carbocycles. The summed E-state index contributed by atoms with van der Waals surface area (Å²) in [6.07, 6.45) is 5.93. The average molecular weight is 279 g/mol. The summed E-state index contributed by atoms with van der Waals surface area (Å²) in [6, 6.07) is 2.59. The average Bonchev–Trinajstić information content (AvgIpc) is 3.08. The molecule has 2 aliphatic rings. The Balaban J connectivity index is 1.71.